The van der Waals surface area contributed by atoms with E-state index in [1.807, 2.05) is 0 Å². The van der Waals surface area contributed by atoms with Gasteiger partial charge in [0.15, 0.2) is 0 Å². The molecule has 0 aromatic rings. The molecular weight excluding hydrogens is 144 g/mol. The number of nitrogens with zero attached hydrogens (tertiary/aromatic N) is 1. The minimum atomic E-state index is 0.0249. The van der Waals surface area contributed by atoms with Gasteiger partial charge in [0.2, 0.25) is 0 Å². The van der Waals surface area contributed by atoms with Crippen LogP contribution in [0.3, 0.4) is 0 Å². The third-order valence-electron chi connectivity index (χ3n) is 2.00. The number of amides is 2. The van der Waals surface area contributed by atoms with Crippen LogP contribution in [0, 0.1) is 0 Å². The van der Waals surface area contributed by atoms with Crippen molar-refractivity contribution in [2.45, 2.75) is 6.29 Å². The maximum absolute atomic E-state index is 11.1. The smallest absolute Gasteiger partial charge is 0.319 e. The second-order valence-corrected chi connectivity index (χ2v) is 2.74. The molecule has 0 bridgehead atoms. The maximum atomic E-state index is 11.1. The molecule has 3 N–H and O–H groups in total. The van der Waals surface area contributed by atoms with Crippen molar-refractivity contribution in [2.24, 2.45) is 0 Å². The molecule has 0 aromatic heterocycles. The van der Waals surface area contributed by atoms with E-state index in [0.29, 0.717) is 0 Å². The normalized spacial score (nSPS) is 26.2. The average molecular weight is 156 g/mol. The van der Waals surface area contributed by atoms with Crippen molar-refractivity contribution in [3.63, 3.8) is 0 Å². The van der Waals surface area contributed by atoms with E-state index in [1.54, 1.807) is 4.90 Å². The molecule has 2 saturated heterocycles. The Labute approximate surface area is 65.1 Å². The highest BCUT2D eigenvalue weighted by atomic mass is 16.2. The lowest BCUT2D eigenvalue weighted by molar-refractivity contribution is 0.185. The van der Waals surface area contributed by atoms with E-state index in [2.05, 4.69) is 16.0 Å². The van der Waals surface area contributed by atoms with Gasteiger partial charge >= 0.3 is 6.03 Å². The SMILES string of the molecule is O=C1NCCN1C1NCCN1. The van der Waals surface area contributed by atoms with E-state index in [0.717, 1.165) is 26.2 Å². The van der Waals surface area contributed by atoms with Crippen molar-refractivity contribution in [1.82, 2.24) is 20.9 Å². The molecule has 2 fully saturated rings. The van der Waals surface area contributed by atoms with Gasteiger partial charge in [-0.25, -0.2) is 4.79 Å². The Morgan fingerprint density at radius 2 is 2.00 bits per heavy atom. The lowest BCUT2D eigenvalue weighted by Crippen LogP contribution is -2.49. The van der Waals surface area contributed by atoms with Crippen molar-refractivity contribution in [3.8, 4) is 0 Å². The zero-order valence-corrected chi connectivity index (χ0v) is 6.26. The quantitative estimate of drug-likeness (QED) is 0.432. The van der Waals surface area contributed by atoms with Crippen LogP contribution in [0.25, 0.3) is 0 Å². The Bertz CT molecular complexity index is 166. The Hall–Kier alpha value is -0.810. The molecule has 0 radical (unpaired) electrons. The number of carbonyl (C=O) groups excluding carboxylic acids is 1. The van der Waals surface area contributed by atoms with Crippen LogP contribution in [-0.2, 0) is 0 Å². The van der Waals surface area contributed by atoms with Gasteiger partial charge in [-0.1, -0.05) is 0 Å². The van der Waals surface area contributed by atoms with E-state index in [-0.39, 0.29) is 12.3 Å². The van der Waals surface area contributed by atoms with E-state index in [4.69, 9.17) is 0 Å². The van der Waals surface area contributed by atoms with Crippen molar-refractivity contribution in [2.75, 3.05) is 26.2 Å². The van der Waals surface area contributed by atoms with Crippen LogP contribution in [0.5, 0.6) is 0 Å². The summed E-state index contributed by atoms with van der Waals surface area (Å²) in [5, 5.41) is 9.12. The largest absolute Gasteiger partial charge is 0.336 e. The predicted molar refractivity (Wildman–Crippen MR) is 39.9 cm³/mol. The van der Waals surface area contributed by atoms with Gasteiger partial charge in [-0.2, -0.15) is 0 Å². The molecule has 2 heterocycles. The Kier molecular flexibility index (Phi) is 1.67. The number of nitrogens with one attached hydrogen (secondary N) is 3. The number of urea groups is 1. The fourth-order valence-electron chi connectivity index (χ4n) is 1.44. The van der Waals surface area contributed by atoms with Crippen LogP contribution in [0.2, 0.25) is 0 Å². The van der Waals surface area contributed by atoms with E-state index in [1.165, 1.54) is 0 Å². The molecule has 2 amide bonds. The molecule has 0 saturated carbocycles. The van der Waals surface area contributed by atoms with Crippen molar-refractivity contribution >= 4 is 6.03 Å². The molecule has 2 rings (SSSR count). The summed E-state index contributed by atoms with van der Waals surface area (Å²) in [5.74, 6) is 0. The minimum Gasteiger partial charge on any atom is -0.336 e. The zero-order chi connectivity index (χ0) is 7.68. The molecule has 2 aliphatic rings. The van der Waals surface area contributed by atoms with Crippen molar-refractivity contribution in [3.05, 3.63) is 0 Å². The number of hydrogen-bond donors (Lipinski definition) is 3. The predicted octanol–water partition coefficient (Wildman–Crippen LogP) is -1.51. The van der Waals surface area contributed by atoms with Gasteiger partial charge in [-0.3, -0.25) is 15.5 Å². The summed E-state index contributed by atoms with van der Waals surface area (Å²) in [6.45, 7) is 3.44. The van der Waals surface area contributed by atoms with Crippen molar-refractivity contribution in [1.29, 1.82) is 0 Å². The molecule has 0 aromatic carbocycles. The fraction of sp³-hybridized carbons (Fsp3) is 0.833. The fourth-order valence-corrected chi connectivity index (χ4v) is 1.44. The summed E-state index contributed by atoms with van der Waals surface area (Å²) in [4.78, 5) is 12.9. The summed E-state index contributed by atoms with van der Waals surface area (Å²) in [5.41, 5.74) is 0. The molecule has 5 heteroatoms. The Balaban J connectivity index is 1.97. The molecule has 2 aliphatic heterocycles. The van der Waals surface area contributed by atoms with E-state index in [9.17, 15) is 4.79 Å². The van der Waals surface area contributed by atoms with Crippen LogP contribution in [0.1, 0.15) is 0 Å². The van der Waals surface area contributed by atoms with E-state index >= 15 is 0 Å². The molecule has 62 valence electrons. The third kappa shape index (κ3) is 1.17. The average Bonchev–Trinajstić information content (AvgIpc) is 2.55. The summed E-state index contributed by atoms with van der Waals surface area (Å²) in [6.07, 6.45) is 0.0532. The zero-order valence-electron chi connectivity index (χ0n) is 6.26. The number of hydrogen-bond acceptors (Lipinski definition) is 3. The first kappa shape index (κ1) is 6.87. The molecule has 0 aliphatic carbocycles. The molecule has 5 nitrogen and oxygen atoms in total. The highest BCUT2D eigenvalue weighted by Crippen LogP contribution is 2.01. The minimum absolute atomic E-state index is 0.0249. The molecule has 0 unspecified atom stereocenters. The highest BCUT2D eigenvalue weighted by Gasteiger charge is 2.28. The molecular formula is C6H12N4O. The van der Waals surface area contributed by atoms with Gasteiger partial charge in [0, 0.05) is 26.2 Å². The first-order valence-electron chi connectivity index (χ1n) is 3.89. The monoisotopic (exact) mass is 156 g/mol. The van der Waals surface area contributed by atoms with Crippen molar-refractivity contribution < 1.29 is 4.79 Å². The Morgan fingerprint density at radius 3 is 2.55 bits per heavy atom. The number of rotatable bonds is 1. The van der Waals surface area contributed by atoms with Crippen LogP contribution in [-0.4, -0.2) is 43.4 Å². The molecule has 0 spiro atoms. The summed E-state index contributed by atoms with van der Waals surface area (Å²) in [7, 11) is 0. The van der Waals surface area contributed by atoms with Gasteiger partial charge < -0.3 is 5.32 Å². The number of carbonyl (C=O) groups is 1. The van der Waals surface area contributed by atoms with Gasteiger partial charge in [-0.05, 0) is 0 Å². The standard InChI is InChI=1S/C6H12N4O/c11-6-9-3-4-10(6)5-7-1-2-8-5/h5,7-8H,1-4H2,(H,9,11). The first-order chi connectivity index (χ1) is 5.38. The summed E-state index contributed by atoms with van der Waals surface area (Å²) < 4.78 is 0. The van der Waals surface area contributed by atoms with Gasteiger partial charge in [0.05, 0.1) is 0 Å². The maximum Gasteiger partial charge on any atom is 0.319 e. The molecule has 0 atom stereocenters. The second-order valence-electron chi connectivity index (χ2n) is 2.74. The lowest BCUT2D eigenvalue weighted by Gasteiger charge is -2.22. The molecule has 11 heavy (non-hydrogen) atoms. The summed E-state index contributed by atoms with van der Waals surface area (Å²) >= 11 is 0. The first-order valence-corrected chi connectivity index (χ1v) is 3.89. The Morgan fingerprint density at radius 1 is 1.27 bits per heavy atom. The van der Waals surface area contributed by atoms with Gasteiger partial charge in [0.25, 0.3) is 0 Å². The van der Waals surface area contributed by atoms with Crippen LogP contribution in [0.4, 0.5) is 4.79 Å². The lowest BCUT2D eigenvalue weighted by atomic mass is 10.6. The van der Waals surface area contributed by atoms with Gasteiger partial charge in [-0.15, -0.1) is 0 Å². The third-order valence-corrected chi connectivity index (χ3v) is 2.00. The highest BCUT2D eigenvalue weighted by molar-refractivity contribution is 5.76. The van der Waals surface area contributed by atoms with E-state index < -0.39 is 0 Å². The van der Waals surface area contributed by atoms with Gasteiger partial charge in [0.1, 0.15) is 6.29 Å². The second kappa shape index (κ2) is 2.67. The van der Waals surface area contributed by atoms with Crippen LogP contribution < -0.4 is 16.0 Å². The van der Waals surface area contributed by atoms with Crippen LogP contribution >= 0.6 is 0 Å². The topological polar surface area (TPSA) is 56.4 Å². The van der Waals surface area contributed by atoms with Crippen LogP contribution in [0.15, 0.2) is 0 Å². The summed E-state index contributed by atoms with van der Waals surface area (Å²) in [6, 6.07) is 0.0249.